The van der Waals surface area contributed by atoms with Crippen molar-refractivity contribution in [3.8, 4) is 0 Å². The summed E-state index contributed by atoms with van der Waals surface area (Å²) in [5, 5.41) is 6.67. The number of guanidine groups is 1. The number of piperazine rings is 1. The number of ether oxygens (including phenoxy) is 1. The molecule has 3 rings (SSSR count). The van der Waals surface area contributed by atoms with E-state index < -0.39 is 0 Å². The van der Waals surface area contributed by atoms with E-state index in [0.717, 1.165) is 30.2 Å². The van der Waals surface area contributed by atoms with Crippen LogP contribution in [0.5, 0.6) is 0 Å². The molecular weight excluding hydrogens is 417 g/mol. The monoisotopic (exact) mass is 445 g/mol. The minimum Gasteiger partial charge on any atom is -0.383 e. The third kappa shape index (κ3) is 6.83. The van der Waals surface area contributed by atoms with E-state index in [1.807, 2.05) is 19.9 Å². The predicted molar refractivity (Wildman–Crippen MR) is 125 cm³/mol. The Morgan fingerprint density at radius 3 is 2.39 bits per heavy atom. The molecule has 1 aliphatic rings. The molecule has 10 heteroatoms. The van der Waals surface area contributed by atoms with Crippen LogP contribution < -0.4 is 15.5 Å². The summed E-state index contributed by atoms with van der Waals surface area (Å²) < 4.78 is 18.3. The second-order valence-electron chi connectivity index (χ2n) is 7.21. The van der Waals surface area contributed by atoms with Gasteiger partial charge in [0.1, 0.15) is 5.82 Å². The van der Waals surface area contributed by atoms with E-state index in [4.69, 9.17) is 17.0 Å². The number of nitrogens with one attached hydrogen (secondary N) is 2. The SMILES string of the molecule is COCCNC(=S)/N=C(/Nc1nc(C)cc(C)n1)N1CCN(c2ccc(F)cc2)CC1. The van der Waals surface area contributed by atoms with Gasteiger partial charge in [-0.1, -0.05) is 0 Å². The quantitative estimate of drug-likeness (QED) is 0.314. The molecule has 2 aromatic rings. The van der Waals surface area contributed by atoms with E-state index in [2.05, 4.69) is 35.4 Å². The van der Waals surface area contributed by atoms with Crippen LogP contribution in [0.3, 0.4) is 0 Å². The van der Waals surface area contributed by atoms with Crippen molar-refractivity contribution in [3.63, 3.8) is 0 Å². The number of rotatable bonds is 5. The number of anilines is 2. The maximum absolute atomic E-state index is 13.2. The van der Waals surface area contributed by atoms with E-state index in [-0.39, 0.29) is 5.82 Å². The van der Waals surface area contributed by atoms with Crippen LogP contribution in [-0.4, -0.2) is 72.4 Å². The van der Waals surface area contributed by atoms with Crippen molar-refractivity contribution in [1.29, 1.82) is 0 Å². The number of halogens is 1. The van der Waals surface area contributed by atoms with Crippen LogP contribution in [0.15, 0.2) is 35.3 Å². The van der Waals surface area contributed by atoms with Gasteiger partial charge >= 0.3 is 0 Å². The molecule has 0 bridgehead atoms. The maximum atomic E-state index is 13.2. The highest BCUT2D eigenvalue weighted by molar-refractivity contribution is 7.80. The minimum absolute atomic E-state index is 0.232. The van der Waals surface area contributed by atoms with Crippen molar-refractivity contribution in [2.75, 3.05) is 56.7 Å². The lowest BCUT2D eigenvalue weighted by atomic mass is 10.2. The Labute approximate surface area is 187 Å². The number of aryl methyl sites for hydroxylation is 2. The molecule has 0 amide bonds. The van der Waals surface area contributed by atoms with Gasteiger partial charge in [-0.05, 0) is 56.4 Å². The molecule has 0 atom stereocenters. The minimum atomic E-state index is -0.232. The molecular formula is C21H28FN7OS. The molecule has 8 nitrogen and oxygen atoms in total. The molecule has 166 valence electrons. The van der Waals surface area contributed by atoms with Gasteiger partial charge < -0.3 is 19.9 Å². The number of hydrogen-bond acceptors (Lipinski definition) is 5. The van der Waals surface area contributed by atoms with Gasteiger partial charge in [-0.15, -0.1) is 0 Å². The van der Waals surface area contributed by atoms with Gasteiger partial charge in [-0.2, -0.15) is 4.99 Å². The predicted octanol–water partition coefficient (Wildman–Crippen LogP) is 2.34. The van der Waals surface area contributed by atoms with Gasteiger partial charge in [-0.3, -0.25) is 5.32 Å². The van der Waals surface area contributed by atoms with Gasteiger partial charge in [0.25, 0.3) is 0 Å². The number of benzene rings is 1. The second kappa shape index (κ2) is 11.0. The van der Waals surface area contributed by atoms with Crippen molar-refractivity contribution in [2.45, 2.75) is 13.8 Å². The molecule has 1 fully saturated rings. The molecule has 2 N–H and O–H groups in total. The lowest BCUT2D eigenvalue weighted by Crippen LogP contribution is -2.51. The molecule has 0 saturated carbocycles. The molecule has 31 heavy (non-hydrogen) atoms. The van der Waals surface area contributed by atoms with Crippen LogP contribution in [0.4, 0.5) is 16.0 Å². The van der Waals surface area contributed by atoms with Crippen LogP contribution in [0.25, 0.3) is 0 Å². The lowest BCUT2D eigenvalue weighted by Gasteiger charge is -2.37. The Morgan fingerprint density at radius 1 is 1.13 bits per heavy atom. The summed E-state index contributed by atoms with van der Waals surface area (Å²) in [6.45, 7) is 7.93. The van der Waals surface area contributed by atoms with Crippen LogP contribution >= 0.6 is 12.2 Å². The Hall–Kier alpha value is -2.85. The molecule has 2 heterocycles. The summed E-state index contributed by atoms with van der Waals surface area (Å²) >= 11 is 5.39. The number of methoxy groups -OCH3 is 1. The van der Waals surface area contributed by atoms with Crippen LogP contribution in [0.2, 0.25) is 0 Å². The highest BCUT2D eigenvalue weighted by Gasteiger charge is 2.21. The van der Waals surface area contributed by atoms with Crippen molar-refractivity contribution in [2.24, 2.45) is 4.99 Å². The second-order valence-corrected chi connectivity index (χ2v) is 7.60. The van der Waals surface area contributed by atoms with E-state index >= 15 is 0 Å². The first-order valence-electron chi connectivity index (χ1n) is 10.1. The van der Waals surface area contributed by atoms with Crippen molar-refractivity contribution in [1.82, 2.24) is 20.2 Å². The summed E-state index contributed by atoms with van der Waals surface area (Å²) in [7, 11) is 1.64. The first-order valence-corrected chi connectivity index (χ1v) is 10.6. The fourth-order valence-corrected chi connectivity index (χ4v) is 3.47. The Bertz CT molecular complexity index is 894. The molecule has 1 aromatic heterocycles. The number of nitrogens with zero attached hydrogens (tertiary/aromatic N) is 5. The fourth-order valence-electron chi connectivity index (χ4n) is 3.28. The van der Waals surface area contributed by atoms with Crippen LogP contribution in [0, 0.1) is 19.7 Å². The van der Waals surface area contributed by atoms with Crippen molar-refractivity contribution < 1.29 is 9.13 Å². The van der Waals surface area contributed by atoms with Gasteiger partial charge in [0.2, 0.25) is 11.9 Å². The summed E-state index contributed by atoms with van der Waals surface area (Å²) in [5.41, 5.74) is 2.74. The average Bonchev–Trinajstić information content (AvgIpc) is 2.73. The fraction of sp³-hybridized carbons (Fsp3) is 0.429. The molecule has 0 aliphatic carbocycles. The molecule has 0 spiro atoms. The zero-order chi connectivity index (χ0) is 22.2. The van der Waals surface area contributed by atoms with Gasteiger partial charge in [0.05, 0.1) is 6.61 Å². The first-order chi connectivity index (χ1) is 14.9. The third-order valence-electron chi connectivity index (χ3n) is 4.77. The highest BCUT2D eigenvalue weighted by atomic mass is 32.1. The van der Waals surface area contributed by atoms with Crippen molar-refractivity contribution in [3.05, 3.63) is 47.5 Å². The number of thiocarbonyl (C=S) groups is 1. The number of aromatic nitrogens is 2. The number of aliphatic imine (C=N–C) groups is 1. The van der Waals surface area contributed by atoms with Gasteiger partial charge in [0.15, 0.2) is 5.11 Å². The normalized spacial score (nSPS) is 14.5. The smallest absolute Gasteiger partial charge is 0.229 e. The molecule has 1 saturated heterocycles. The molecule has 1 aromatic carbocycles. The van der Waals surface area contributed by atoms with Crippen LogP contribution in [-0.2, 0) is 4.74 Å². The van der Waals surface area contributed by atoms with Crippen LogP contribution in [0.1, 0.15) is 11.4 Å². The Balaban J connectivity index is 1.72. The Kier molecular flexibility index (Phi) is 8.07. The molecule has 0 unspecified atom stereocenters. The summed E-state index contributed by atoms with van der Waals surface area (Å²) in [5.74, 6) is 0.847. The third-order valence-corrected chi connectivity index (χ3v) is 5.00. The van der Waals surface area contributed by atoms with E-state index in [0.29, 0.717) is 43.3 Å². The topological polar surface area (TPSA) is 77.9 Å². The largest absolute Gasteiger partial charge is 0.383 e. The van der Waals surface area contributed by atoms with E-state index in [1.54, 1.807) is 19.2 Å². The summed E-state index contributed by atoms with van der Waals surface area (Å²) in [4.78, 5) is 17.8. The Morgan fingerprint density at radius 2 is 1.77 bits per heavy atom. The summed E-state index contributed by atoms with van der Waals surface area (Å²) in [6.07, 6.45) is 0. The summed E-state index contributed by atoms with van der Waals surface area (Å²) in [6, 6.07) is 8.49. The standard InChI is InChI=1S/C21H28FN7OS/c1-15-14-16(2)25-19(24-15)26-20(27-21(31)23-8-13-30-3)29-11-9-28(10-12-29)18-6-4-17(22)5-7-18/h4-7,14H,8-13H2,1-3H3,(H2,23,24,25,26,27,31). The van der Waals surface area contributed by atoms with E-state index in [1.165, 1.54) is 12.1 Å². The average molecular weight is 446 g/mol. The zero-order valence-corrected chi connectivity index (χ0v) is 18.9. The van der Waals surface area contributed by atoms with Gasteiger partial charge in [0, 0.05) is 56.9 Å². The molecule has 1 aliphatic heterocycles. The zero-order valence-electron chi connectivity index (χ0n) is 18.1. The van der Waals surface area contributed by atoms with E-state index in [9.17, 15) is 4.39 Å². The van der Waals surface area contributed by atoms with Gasteiger partial charge in [-0.25, -0.2) is 14.4 Å². The maximum Gasteiger partial charge on any atom is 0.229 e. The number of hydrogen-bond donors (Lipinski definition) is 2. The first kappa shape index (κ1) is 22.8. The highest BCUT2D eigenvalue weighted by Crippen LogP contribution is 2.17. The van der Waals surface area contributed by atoms with Crippen molar-refractivity contribution >= 4 is 34.9 Å². The molecule has 0 radical (unpaired) electrons. The lowest BCUT2D eigenvalue weighted by molar-refractivity contribution is 0.204.